The molecular formula is C15H26N2O5. The predicted octanol–water partition coefficient (Wildman–Crippen LogP) is 1.47. The van der Waals surface area contributed by atoms with E-state index in [0.29, 0.717) is 13.0 Å². The van der Waals surface area contributed by atoms with Gasteiger partial charge in [0.25, 0.3) is 0 Å². The Hall–Kier alpha value is -1.79. The van der Waals surface area contributed by atoms with Crippen molar-refractivity contribution in [3.63, 3.8) is 0 Å². The Morgan fingerprint density at radius 3 is 2.36 bits per heavy atom. The number of hydrogen-bond donors (Lipinski definition) is 2. The highest BCUT2D eigenvalue weighted by molar-refractivity contribution is 5.90. The minimum atomic E-state index is -1.26. The fourth-order valence-electron chi connectivity index (χ4n) is 2.91. The molecule has 7 heteroatoms. The van der Waals surface area contributed by atoms with E-state index in [1.54, 1.807) is 20.8 Å². The smallest absolute Gasteiger partial charge is 0.405 e. The third-order valence-electron chi connectivity index (χ3n) is 4.15. The van der Waals surface area contributed by atoms with Crippen molar-refractivity contribution in [2.75, 3.05) is 13.7 Å². The van der Waals surface area contributed by atoms with Crippen molar-refractivity contribution in [3.8, 4) is 0 Å². The molecule has 0 bridgehead atoms. The van der Waals surface area contributed by atoms with E-state index in [2.05, 4.69) is 5.32 Å². The van der Waals surface area contributed by atoms with E-state index in [0.717, 1.165) is 6.42 Å². The van der Waals surface area contributed by atoms with Crippen molar-refractivity contribution in [1.29, 1.82) is 0 Å². The fraction of sp³-hybridized carbons (Fsp3) is 0.800. The van der Waals surface area contributed by atoms with Crippen molar-refractivity contribution in [2.24, 2.45) is 11.3 Å². The molecule has 22 heavy (non-hydrogen) atoms. The molecule has 0 saturated carbocycles. The molecule has 0 aromatic rings. The number of nitrogens with one attached hydrogen (secondary N) is 1. The summed E-state index contributed by atoms with van der Waals surface area (Å²) in [6, 6.07) is -1.55. The molecule has 3 atom stereocenters. The zero-order chi connectivity index (χ0) is 17.1. The van der Waals surface area contributed by atoms with Crippen LogP contribution < -0.4 is 5.32 Å². The van der Waals surface area contributed by atoms with Gasteiger partial charge in [0.05, 0.1) is 7.11 Å². The molecule has 1 rings (SSSR count). The number of esters is 1. The number of likely N-dealkylation sites (tertiary alicyclic amines) is 1. The number of rotatable bonds is 4. The Bertz CT molecular complexity index is 444. The van der Waals surface area contributed by atoms with Crippen LogP contribution in [-0.4, -0.2) is 53.7 Å². The van der Waals surface area contributed by atoms with E-state index in [1.165, 1.54) is 12.0 Å². The Balaban J connectivity index is 3.06. The van der Waals surface area contributed by atoms with Gasteiger partial charge in [0.15, 0.2) is 0 Å². The highest BCUT2D eigenvalue weighted by Gasteiger charge is 2.46. The van der Waals surface area contributed by atoms with Crippen LogP contribution in [0.5, 0.6) is 0 Å². The summed E-state index contributed by atoms with van der Waals surface area (Å²) in [6.45, 7) is 7.75. The molecular weight excluding hydrogens is 288 g/mol. The molecule has 1 fully saturated rings. The average Bonchev–Trinajstić information content (AvgIpc) is 2.85. The SMILES string of the molecule is CC[C@@H]1CCN(C(=O)[C@@H](NC(=O)O)C(C)(C)C)C1C(=O)OC. The van der Waals surface area contributed by atoms with Gasteiger partial charge in [-0.2, -0.15) is 0 Å². The standard InChI is InChI=1S/C15H26N2O5/c1-6-9-7-8-17(10(9)13(19)22-5)12(18)11(15(2,3)4)16-14(20)21/h9-11,16H,6-8H2,1-5H3,(H,20,21)/t9-,10?,11-/m1/s1. The van der Waals surface area contributed by atoms with E-state index in [1.807, 2.05) is 6.92 Å². The zero-order valence-corrected chi connectivity index (χ0v) is 13.9. The summed E-state index contributed by atoms with van der Waals surface area (Å²) in [5.41, 5.74) is -0.597. The van der Waals surface area contributed by atoms with Gasteiger partial charge < -0.3 is 20.1 Å². The van der Waals surface area contributed by atoms with E-state index in [4.69, 9.17) is 9.84 Å². The maximum Gasteiger partial charge on any atom is 0.405 e. The topological polar surface area (TPSA) is 95.9 Å². The average molecular weight is 314 g/mol. The highest BCUT2D eigenvalue weighted by atomic mass is 16.5. The number of ether oxygens (including phenoxy) is 1. The van der Waals surface area contributed by atoms with Crippen LogP contribution in [0.4, 0.5) is 4.79 Å². The van der Waals surface area contributed by atoms with Gasteiger partial charge in [0, 0.05) is 6.54 Å². The summed E-state index contributed by atoms with van der Waals surface area (Å²) in [7, 11) is 1.30. The van der Waals surface area contributed by atoms with E-state index in [-0.39, 0.29) is 11.8 Å². The zero-order valence-electron chi connectivity index (χ0n) is 13.9. The van der Waals surface area contributed by atoms with Crippen LogP contribution in [-0.2, 0) is 14.3 Å². The lowest BCUT2D eigenvalue weighted by Crippen LogP contribution is -2.57. The van der Waals surface area contributed by atoms with E-state index < -0.39 is 29.6 Å². The molecule has 1 aliphatic rings. The minimum absolute atomic E-state index is 0.0434. The monoisotopic (exact) mass is 314 g/mol. The molecule has 0 spiro atoms. The number of nitrogens with zero attached hydrogens (tertiary/aromatic N) is 1. The Morgan fingerprint density at radius 1 is 1.36 bits per heavy atom. The molecule has 0 aromatic carbocycles. The maximum atomic E-state index is 12.8. The lowest BCUT2D eigenvalue weighted by Gasteiger charge is -2.35. The van der Waals surface area contributed by atoms with Crippen molar-refractivity contribution in [1.82, 2.24) is 10.2 Å². The summed E-state index contributed by atoms with van der Waals surface area (Å²) in [5.74, 6) is -0.774. The van der Waals surface area contributed by atoms with Gasteiger partial charge in [-0.25, -0.2) is 9.59 Å². The molecule has 1 heterocycles. The summed E-state index contributed by atoms with van der Waals surface area (Å²) in [6.07, 6.45) is 0.219. The molecule has 1 aliphatic heterocycles. The molecule has 7 nitrogen and oxygen atoms in total. The van der Waals surface area contributed by atoms with Crippen molar-refractivity contribution in [3.05, 3.63) is 0 Å². The molecule has 1 unspecified atom stereocenters. The normalized spacial score (nSPS) is 23.0. The van der Waals surface area contributed by atoms with Crippen LogP contribution >= 0.6 is 0 Å². The molecule has 126 valence electrons. The van der Waals surface area contributed by atoms with Crippen LogP contribution in [0.3, 0.4) is 0 Å². The van der Waals surface area contributed by atoms with Gasteiger partial charge in [-0.15, -0.1) is 0 Å². The van der Waals surface area contributed by atoms with Crippen LogP contribution in [0.1, 0.15) is 40.5 Å². The van der Waals surface area contributed by atoms with Gasteiger partial charge in [0.2, 0.25) is 5.91 Å². The Labute approximate surface area is 131 Å². The van der Waals surface area contributed by atoms with E-state index in [9.17, 15) is 14.4 Å². The van der Waals surface area contributed by atoms with Crippen LogP contribution in [0.15, 0.2) is 0 Å². The third-order valence-corrected chi connectivity index (χ3v) is 4.15. The first kappa shape index (κ1) is 18.3. The van der Waals surface area contributed by atoms with Gasteiger partial charge in [-0.3, -0.25) is 4.79 Å². The second kappa shape index (κ2) is 6.98. The minimum Gasteiger partial charge on any atom is -0.467 e. The number of methoxy groups -OCH3 is 1. The van der Waals surface area contributed by atoms with Gasteiger partial charge in [-0.05, 0) is 17.8 Å². The first-order valence-electron chi connectivity index (χ1n) is 7.51. The number of amides is 2. The lowest BCUT2D eigenvalue weighted by atomic mass is 9.85. The fourth-order valence-corrected chi connectivity index (χ4v) is 2.91. The first-order chi connectivity index (χ1) is 10.1. The largest absolute Gasteiger partial charge is 0.467 e. The Morgan fingerprint density at radius 2 is 1.95 bits per heavy atom. The van der Waals surface area contributed by atoms with Crippen molar-refractivity contribution in [2.45, 2.75) is 52.6 Å². The van der Waals surface area contributed by atoms with Crippen LogP contribution in [0.25, 0.3) is 0 Å². The Kier molecular flexibility index (Phi) is 5.79. The number of carbonyl (C=O) groups is 3. The summed E-state index contributed by atoms with van der Waals surface area (Å²) >= 11 is 0. The third kappa shape index (κ3) is 3.90. The number of hydrogen-bond acceptors (Lipinski definition) is 4. The second-order valence-electron chi connectivity index (χ2n) is 6.71. The molecule has 2 N–H and O–H groups in total. The molecule has 1 saturated heterocycles. The maximum absolute atomic E-state index is 12.8. The number of carbonyl (C=O) groups excluding carboxylic acids is 2. The van der Waals surface area contributed by atoms with Crippen molar-refractivity contribution >= 4 is 18.0 Å². The van der Waals surface area contributed by atoms with E-state index >= 15 is 0 Å². The first-order valence-corrected chi connectivity index (χ1v) is 7.51. The summed E-state index contributed by atoms with van der Waals surface area (Å²) in [5, 5.41) is 11.3. The number of carboxylic acid groups (broad SMARTS) is 1. The molecule has 0 aliphatic carbocycles. The summed E-state index contributed by atoms with van der Waals surface area (Å²) < 4.78 is 4.82. The highest BCUT2D eigenvalue weighted by Crippen LogP contribution is 2.31. The molecule has 0 radical (unpaired) electrons. The predicted molar refractivity (Wildman–Crippen MR) is 80.3 cm³/mol. The lowest BCUT2D eigenvalue weighted by molar-refractivity contribution is -0.153. The quantitative estimate of drug-likeness (QED) is 0.766. The molecule has 0 aromatic heterocycles. The van der Waals surface area contributed by atoms with Gasteiger partial charge in [0.1, 0.15) is 12.1 Å². The van der Waals surface area contributed by atoms with Crippen LogP contribution in [0, 0.1) is 11.3 Å². The summed E-state index contributed by atoms with van der Waals surface area (Å²) in [4.78, 5) is 37.3. The van der Waals surface area contributed by atoms with Crippen molar-refractivity contribution < 1.29 is 24.2 Å². The van der Waals surface area contributed by atoms with Gasteiger partial charge >= 0.3 is 12.1 Å². The van der Waals surface area contributed by atoms with Crippen LogP contribution in [0.2, 0.25) is 0 Å². The van der Waals surface area contributed by atoms with Gasteiger partial charge in [-0.1, -0.05) is 34.1 Å². The molecule has 2 amide bonds. The second-order valence-corrected chi connectivity index (χ2v) is 6.71.